The van der Waals surface area contributed by atoms with Crippen LogP contribution in [0.4, 0.5) is 10.5 Å². The summed E-state index contributed by atoms with van der Waals surface area (Å²) >= 11 is 0. The first-order chi connectivity index (χ1) is 15.7. The molecule has 0 bridgehead atoms. The molecule has 1 aliphatic heterocycles. The number of ether oxygens (including phenoxy) is 2. The van der Waals surface area contributed by atoms with Crippen LogP contribution in [0.5, 0.6) is 5.75 Å². The minimum absolute atomic E-state index is 0.0234. The van der Waals surface area contributed by atoms with Gasteiger partial charge in [0.05, 0.1) is 17.7 Å². The summed E-state index contributed by atoms with van der Waals surface area (Å²) in [6, 6.07) is 4.45. The second-order valence-electron chi connectivity index (χ2n) is 8.59. The maximum Gasteiger partial charge on any atom is 0.319 e. The maximum absolute atomic E-state index is 13.2. The van der Waals surface area contributed by atoms with Gasteiger partial charge < -0.3 is 29.9 Å². The first kappa shape index (κ1) is 26.4. The van der Waals surface area contributed by atoms with Crippen molar-refractivity contribution < 1.29 is 23.9 Å². The van der Waals surface area contributed by atoms with Crippen LogP contribution in [-0.4, -0.2) is 80.2 Å². The fourth-order valence-corrected chi connectivity index (χ4v) is 3.81. The van der Waals surface area contributed by atoms with E-state index in [1.165, 1.54) is 0 Å². The topological polar surface area (TPSA) is 100 Å². The lowest BCUT2D eigenvalue weighted by molar-refractivity contribution is -0.135. The summed E-state index contributed by atoms with van der Waals surface area (Å²) in [6.45, 7) is 9.43. The summed E-state index contributed by atoms with van der Waals surface area (Å²) in [5, 5.41) is 5.52. The largest absolute Gasteiger partial charge is 0.491 e. The van der Waals surface area contributed by atoms with Gasteiger partial charge in [-0.05, 0) is 25.5 Å². The zero-order valence-electron chi connectivity index (χ0n) is 20.6. The number of carbonyl (C=O) groups excluding carboxylic acids is 3. The Hall–Kier alpha value is -2.81. The first-order valence-corrected chi connectivity index (χ1v) is 11.6. The van der Waals surface area contributed by atoms with E-state index in [9.17, 15) is 14.4 Å². The number of methoxy groups -OCH3 is 1. The second kappa shape index (κ2) is 12.4. The van der Waals surface area contributed by atoms with Crippen LogP contribution in [0.1, 0.15) is 50.9 Å². The van der Waals surface area contributed by atoms with Crippen molar-refractivity contribution in [2.45, 2.75) is 52.7 Å². The SMILES string of the molecule is CCCNC(=O)Nc1ccc2c(c1)OC[C@H](C)N(C(=O)CC)C[C@@H](C)[C@H](OC)CN(C)C2=O. The van der Waals surface area contributed by atoms with Crippen molar-refractivity contribution in [3.8, 4) is 5.75 Å². The molecular formula is C24H38N4O5. The number of urea groups is 1. The number of nitrogens with zero attached hydrogens (tertiary/aromatic N) is 2. The van der Waals surface area contributed by atoms with Crippen molar-refractivity contribution in [2.75, 3.05) is 45.7 Å². The van der Waals surface area contributed by atoms with Gasteiger partial charge in [0, 0.05) is 57.9 Å². The Bertz CT molecular complexity index is 831. The monoisotopic (exact) mass is 462 g/mol. The Balaban J connectivity index is 2.39. The molecule has 0 saturated heterocycles. The highest BCUT2D eigenvalue weighted by Crippen LogP contribution is 2.27. The third-order valence-corrected chi connectivity index (χ3v) is 5.86. The van der Waals surface area contributed by atoms with Gasteiger partial charge in [-0.1, -0.05) is 20.8 Å². The van der Waals surface area contributed by atoms with Crippen LogP contribution in [0.3, 0.4) is 0 Å². The van der Waals surface area contributed by atoms with Crippen molar-refractivity contribution >= 4 is 23.5 Å². The lowest BCUT2D eigenvalue weighted by atomic mass is 10.0. The number of likely N-dealkylation sites (N-methyl/N-ethyl adjacent to an activating group) is 1. The fourth-order valence-electron chi connectivity index (χ4n) is 3.81. The van der Waals surface area contributed by atoms with Gasteiger partial charge in [-0.2, -0.15) is 0 Å². The summed E-state index contributed by atoms with van der Waals surface area (Å²) in [4.78, 5) is 41.4. The van der Waals surface area contributed by atoms with Crippen LogP contribution in [0.2, 0.25) is 0 Å². The molecule has 2 rings (SSSR count). The van der Waals surface area contributed by atoms with Gasteiger partial charge in [-0.3, -0.25) is 9.59 Å². The molecule has 33 heavy (non-hydrogen) atoms. The van der Waals surface area contributed by atoms with Crippen LogP contribution >= 0.6 is 0 Å². The highest BCUT2D eigenvalue weighted by atomic mass is 16.5. The lowest BCUT2D eigenvalue weighted by Gasteiger charge is -2.36. The highest BCUT2D eigenvalue weighted by Gasteiger charge is 2.29. The van der Waals surface area contributed by atoms with Gasteiger partial charge in [0.25, 0.3) is 5.91 Å². The number of carbonyl (C=O) groups is 3. The average molecular weight is 463 g/mol. The molecule has 3 atom stereocenters. The molecular weight excluding hydrogens is 424 g/mol. The molecule has 0 radical (unpaired) electrons. The van der Waals surface area contributed by atoms with E-state index < -0.39 is 0 Å². The molecule has 2 N–H and O–H groups in total. The van der Waals surface area contributed by atoms with Crippen molar-refractivity contribution in [3.63, 3.8) is 0 Å². The molecule has 1 heterocycles. The molecule has 1 aliphatic rings. The van der Waals surface area contributed by atoms with Gasteiger partial charge >= 0.3 is 6.03 Å². The number of fused-ring (bicyclic) bond motifs is 1. The van der Waals surface area contributed by atoms with Crippen LogP contribution in [0, 0.1) is 5.92 Å². The number of anilines is 1. The Morgan fingerprint density at radius 3 is 2.58 bits per heavy atom. The molecule has 1 aromatic carbocycles. The zero-order valence-corrected chi connectivity index (χ0v) is 20.6. The quantitative estimate of drug-likeness (QED) is 0.701. The molecule has 0 spiro atoms. The molecule has 0 saturated carbocycles. The smallest absolute Gasteiger partial charge is 0.319 e. The average Bonchev–Trinajstić information content (AvgIpc) is 2.81. The fraction of sp³-hybridized carbons (Fsp3) is 0.625. The predicted octanol–water partition coefficient (Wildman–Crippen LogP) is 2.96. The normalized spacial score (nSPS) is 21.9. The van der Waals surface area contributed by atoms with Crippen molar-refractivity contribution in [1.82, 2.24) is 15.1 Å². The Labute approximate surface area is 196 Å². The Morgan fingerprint density at radius 2 is 1.94 bits per heavy atom. The molecule has 0 aromatic heterocycles. The van der Waals surface area contributed by atoms with E-state index in [0.29, 0.717) is 43.1 Å². The molecule has 9 nitrogen and oxygen atoms in total. The van der Waals surface area contributed by atoms with E-state index in [2.05, 4.69) is 10.6 Å². The molecule has 1 aromatic rings. The van der Waals surface area contributed by atoms with E-state index in [1.807, 2.05) is 32.6 Å². The first-order valence-electron chi connectivity index (χ1n) is 11.6. The number of amides is 4. The molecule has 184 valence electrons. The number of nitrogens with one attached hydrogen (secondary N) is 2. The number of hydrogen-bond donors (Lipinski definition) is 2. The third kappa shape index (κ3) is 7.08. The van der Waals surface area contributed by atoms with Gasteiger partial charge in [-0.15, -0.1) is 0 Å². The number of benzene rings is 1. The molecule has 0 fully saturated rings. The van der Waals surface area contributed by atoms with Gasteiger partial charge in [0.2, 0.25) is 5.91 Å². The minimum atomic E-state index is -0.321. The summed E-state index contributed by atoms with van der Waals surface area (Å²) < 4.78 is 11.8. The van der Waals surface area contributed by atoms with Crippen LogP contribution in [0.15, 0.2) is 18.2 Å². The van der Waals surface area contributed by atoms with Crippen LogP contribution in [0.25, 0.3) is 0 Å². The summed E-state index contributed by atoms with van der Waals surface area (Å²) in [7, 11) is 3.35. The van der Waals surface area contributed by atoms with Gasteiger partial charge in [0.1, 0.15) is 12.4 Å². The van der Waals surface area contributed by atoms with Crippen LogP contribution < -0.4 is 15.4 Å². The van der Waals surface area contributed by atoms with Gasteiger partial charge in [0.15, 0.2) is 0 Å². The number of rotatable bonds is 5. The summed E-state index contributed by atoms with van der Waals surface area (Å²) in [6.07, 6.45) is 0.989. The van der Waals surface area contributed by atoms with E-state index >= 15 is 0 Å². The zero-order chi connectivity index (χ0) is 24.5. The predicted molar refractivity (Wildman–Crippen MR) is 128 cm³/mol. The maximum atomic E-state index is 13.2. The Morgan fingerprint density at radius 1 is 1.21 bits per heavy atom. The van der Waals surface area contributed by atoms with Crippen molar-refractivity contribution in [1.29, 1.82) is 0 Å². The standard InChI is InChI=1S/C24H38N4O5/c1-7-11-25-24(31)26-18-9-10-19-20(12-18)33-15-17(4)28(22(29)8-2)13-16(3)21(32-6)14-27(5)23(19)30/h9-10,12,16-17,21H,7-8,11,13-15H2,1-6H3,(H2,25,26,31)/t16-,17+,21-/m1/s1. The van der Waals surface area contributed by atoms with Crippen molar-refractivity contribution in [3.05, 3.63) is 23.8 Å². The van der Waals surface area contributed by atoms with E-state index in [0.717, 1.165) is 6.42 Å². The highest BCUT2D eigenvalue weighted by molar-refractivity contribution is 5.98. The van der Waals surface area contributed by atoms with E-state index in [1.54, 1.807) is 37.3 Å². The Kier molecular flexibility index (Phi) is 9.96. The lowest BCUT2D eigenvalue weighted by Crippen LogP contribution is -2.48. The van der Waals surface area contributed by atoms with E-state index in [-0.39, 0.29) is 42.5 Å². The molecule has 4 amide bonds. The number of hydrogen-bond acceptors (Lipinski definition) is 5. The third-order valence-electron chi connectivity index (χ3n) is 5.86. The minimum Gasteiger partial charge on any atom is -0.491 e. The molecule has 0 unspecified atom stereocenters. The van der Waals surface area contributed by atoms with E-state index in [4.69, 9.17) is 9.47 Å². The van der Waals surface area contributed by atoms with Gasteiger partial charge in [-0.25, -0.2) is 4.79 Å². The summed E-state index contributed by atoms with van der Waals surface area (Å²) in [5.41, 5.74) is 0.906. The molecule has 9 heteroatoms. The summed E-state index contributed by atoms with van der Waals surface area (Å²) in [5.74, 6) is 0.224. The van der Waals surface area contributed by atoms with Crippen LogP contribution in [-0.2, 0) is 9.53 Å². The second-order valence-corrected chi connectivity index (χ2v) is 8.59. The molecule has 0 aliphatic carbocycles. The van der Waals surface area contributed by atoms with Crippen molar-refractivity contribution in [2.24, 2.45) is 5.92 Å².